The van der Waals surface area contributed by atoms with Gasteiger partial charge in [-0.15, -0.1) is 0 Å². The van der Waals surface area contributed by atoms with E-state index in [4.69, 9.17) is 28.2 Å². The number of amides is 3. The zero-order chi connectivity index (χ0) is 37.7. The third-order valence-electron chi connectivity index (χ3n) is 11.0. The van der Waals surface area contributed by atoms with Gasteiger partial charge in [0.1, 0.15) is 28.1 Å². The van der Waals surface area contributed by atoms with Crippen molar-refractivity contribution < 1.29 is 36.3 Å². The number of carbonyl (C=O) groups excluding carboxylic acids is 3. The first-order valence-electron chi connectivity index (χ1n) is 17.1. The van der Waals surface area contributed by atoms with Crippen molar-refractivity contribution in [2.24, 2.45) is 10.9 Å². The number of fused-ring (bicyclic) bond motifs is 1. The molecule has 0 aromatic heterocycles. The molecule has 2 aromatic carbocycles. The fourth-order valence-electron chi connectivity index (χ4n) is 8.30. The van der Waals surface area contributed by atoms with Crippen LogP contribution in [0.2, 0.25) is 10.0 Å². The molecule has 1 saturated carbocycles. The lowest BCUT2D eigenvalue weighted by Gasteiger charge is -2.43. The molecule has 4 heterocycles. The number of halogens is 7. The molecule has 0 N–H and O–H groups in total. The molecule has 3 fully saturated rings. The molecule has 4 atom stereocenters. The third kappa shape index (κ3) is 5.96. The van der Waals surface area contributed by atoms with Crippen LogP contribution in [0.15, 0.2) is 52.0 Å². The van der Waals surface area contributed by atoms with E-state index >= 15 is 8.78 Å². The Morgan fingerprint density at radius 2 is 1.71 bits per heavy atom. The monoisotopic (exact) mass is 783 g/mol. The summed E-state index contributed by atoms with van der Waals surface area (Å²) in [6.45, 7) is 7.04. The van der Waals surface area contributed by atoms with Crippen molar-refractivity contribution in [3.05, 3.63) is 79.8 Å². The van der Waals surface area contributed by atoms with Gasteiger partial charge in [0.25, 0.3) is 5.91 Å². The quantitative estimate of drug-likeness (QED) is 0.292. The van der Waals surface area contributed by atoms with E-state index < -0.39 is 52.8 Å². The van der Waals surface area contributed by atoms with Gasteiger partial charge in [-0.2, -0.15) is 13.2 Å². The summed E-state index contributed by atoms with van der Waals surface area (Å²) in [5.41, 5.74) is -1.10. The van der Waals surface area contributed by atoms with E-state index in [0.29, 0.717) is 47.0 Å². The highest BCUT2D eigenvalue weighted by Gasteiger charge is 2.60. The Morgan fingerprint density at radius 3 is 2.33 bits per heavy atom. The Kier molecular flexibility index (Phi) is 9.17. The molecule has 1 unspecified atom stereocenters. The molecular weight excluding hydrogens is 748 g/mol. The lowest BCUT2D eigenvalue weighted by molar-refractivity contribution is -0.191. The first-order chi connectivity index (χ1) is 24.4. The highest BCUT2D eigenvalue weighted by molar-refractivity contribution is 8.18. The van der Waals surface area contributed by atoms with Crippen molar-refractivity contribution in [2.45, 2.75) is 88.8 Å². The van der Waals surface area contributed by atoms with Gasteiger partial charge in [0.15, 0.2) is 5.17 Å². The maximum Gasteiger partial charge on any atom is 0.471 e. The Morgan fingerprint density at radius 1 is 1.00 bits per heavy atom. The van der Waals surface area contributed by atoms with Gasteiger partial charge in [-0.1, -0.05) is 49.2 Å². The van der Waals surface area contributed by atoms with Crippen molar-refractivity contribution in [3.63, 3.8) is 0 Å². The van der Waals surface area contributed by atoms with Crippen LogP contribution in [0.4, 0.5) is 22.0 Å². The van der Waals surface area contributed by atoms with Crippen LogP contribution >= 0.6 is 35.0 Å². The molecule has 2 saturated heterocycles. The van der Waals surface area contributed by atoms with Crippen LogP contribution in [0, 0.1) is 17.6 Å². The predicted octanol–water partition coefficient (Wildman–Crippen LogP) is 7.66. The average Bonchev–Trinajstić information content (AvgIpc) is 3.42. The zero-order valence-corrected chi connectivity index (χ0v) is 31.1. The lowest BCUT2D eigenvalue weighted by Crippen LogP contribution is -2.62. The Labute approximate surface area is 312 Å². The first-order valence-corrected chi connectivity index (χ1v) is 18.7. The normalized spacial score (nSPS) is 26.8. The van der Waals surface area contributed by atoms with E-state index in [1.54, 1.807) is 30.0 Å². The highest BCUT2D eigenvalue weighted by Crippen LogP contribution is 2.57. The molecule has 8 nitrogen and oxygen atoms in total. The summed E-state index contributed by atoms with van der Waals surface area (Å²) in [5, 5.41) is 0.510. The van der Waals surface area contributed by atoms with Crippen LogP contribution in [-0.4, -0.2) is 85.9 Å². The Hall–Kier alpha value is -3.36. The van der Waals surface area contributed by atoms with E-state index in [1.165, 1.54) is 23.1 Å². The maximum absolute atomic E-state index is 15.6. The molecule has 7 rings (SSSR count). The molecule has 1 aliphatic carbocycles. The third-order valence-corrected chi connectivity index (χ3v) is 12.6. The SMILES string of the molecule is CC(C)C1=C(C(=O)N2C(C(=O)N3CCN(C(=O)C(F)(F)F)C4(CC4)C3)CC[C@H]2C)SC2=N[C@@](C)(c3ccc(Cl)cc3F)[C@@H](c3ccc(Cl)c(F)c3)N21. The standard InChI is InChI=1S/C36H36Cl2F5N5O3S/c1-18(2)27-28(31(50)47-19(3)5-10-26(47)30(49)45-13-14-46(32(51)36(41,42)43)35(17-45)11-12-35)52-33-44-34(4,22-8-7-21(37)16-24(22)39)29(48(27)33)20-6-9-23(38)25(40)15-20/h6-9,15-16,18-19,26,29H,5,10-14,17H2,1-4H3/t19-,26?,29-,34+/m1/s1. The number of thioether (sulfide) groups is 1. The molecule has 1 spiro atoms. The van der Waals surface area contributed by atoms with Crippen molar-refractivity contribution in [2.75, 3.05) is 19.6 Å². The first kappa shape index (κ1) is 37.0. The van der Waals surface area contributed by atoms with E-state index in [-0.39, 0.29) is 53.1 Å². The number of likely N-dealkylation sites (tertiary alicyclic amines) is 1. The summed E-state index contributed by atoms with van der Waals surface area (Å²) >= 11 is 13.3. The molecule has 2 aromatic rings. The summed E-state index contributed by atoms with van der Waals surface area (Å²) in [6.07, 6.45) is -3.40. The predicted molar refractivity (Wildman–Crippen MR) is 187 cm³/mol. The number of hydrogen-bond donors (Lipinski definition) is 0. The Bertz CT molecular complexity index is 1940. The van der Waals surface area contributed by atoms with E-state index in [1.807, 2.05) is 25.7 Å². The highest BCUT2D eigenvalue weighted by atomic mass is 35.5. The molecule has 0 bridgehead atoms. The van der Waals surface area contributed by atoms with Gasteiger partial charge < -0.3 is 19.6 Å². The lowest BCUT2D eigenvalue weighted by atomic mass is 9.80. The topological polar surface area (TPSA) is 76.5 Å². The summed E-state index contributed by atoms with van der Waals surface area (Å²) in [7, 11) is 0. The molecule has 0 radical (unpaired) electrons. The van der Waals surface area contributed by atoms with E-state index in [9.17, 15) is 27.6 Å². The molecule has 5 aliphatic rings. The number of nitrogens with zero attached hydrogens (tertiary/aromatic N) is 5. The molecule has 3 amide bonds. The van der Waals surface area contributed by atoms with Crippen LogP contribution in [0.3, 0.4) is 0 Å². The van der Waals surface area contributed by atoms with E-state index in [2.05, 4.69) is 0 Å². The minimum absolute atomic E-state index is 0.0288. The minimum atomic E-state index is -5.01. The second kappa shape index (κ2) is 12.9. The number of benzene rings is 2. The summed E-state index contributed by atoms with van der Waals surface area (Å²) in [6, 6.07) is 6.64. The number of alkyl halides is 3. The van der Waals surface area contributed by atoms with Gasteiger partial charge in [-0.3, -0.25) is 14.4 Å². The van der Waals surface area contributed by atoms with Crippen LogP contribution in [0.1, 0.15) is 70.5 Å². The van der Waals surface area contributed by atoms with Gasteiger partial charge in [-0.25, -0.2) is 13.8 Å². The van der Waals surface area contributed by atoms with Crippen LogP contribution in [0.5, 0.6) is 0 Å². The molecule has 16 heteroatoms. The second-order valence-electron chi connectivity index (χ2n) is 14.7. The Balaban J connectivity index is 1.22. The van der Waals surface area contributed by atoms with Crippen LogP contribution < -0.4 is 0 Å². The minimum Gasteiger partial charge on any atom is -0.337 e. The van der Waals surface area contributed by atoms with Crippen molar-refractivity contribution in [3.8, 4) is 0 Å². The van der Waals surface area contributed by atoms with Gasteiger partial charge in [0.05, 0.1) is 16.6 Å². The number of aliphatic imine (C=N–C) groups is 1. The number of carbonyl (C=O) groups is 3. The number of hydrogen-bond acceptors (Lipinski definition) is 6. The maximum atomic E-state index is 15.6. The van der Waals surface area contributed by atoms with Crippen molar-refractivity contribution >= 4 is 57.9 Å². The van der Waals surface area contributed by atoms with Gasteiger partial charge in [0.2, 0.25) is 5.91 Å². The van der Waals surface area contributed by atoms with E-state index in [0.717, 1.165) is 16.7 Å². The molecular formula is C36H36Cl2F5N5O3S. The summed E-state index contributed by atoms with van der Waals surface area (Å²) in [4.78, 5) is 52.1. The smallest absolute Gasteiger partial charge is 0.337 e. The fourth-order valence-corrected chi connectivity index (χ4v) is 9.93. The van der Waals surface area contributed by atoms with Crippen molar-refractivity contribution in [1.29, 1.82) is 0 Å². The molecule has 52 heavy (non-hydrogen) atoms. The fraction of sp³-hybridized carbons (Fsp3) is 0.500. The zero-order valence-electron chi connectivity index (χ0n) is 28.7. The van der Waals surface area contributed by atoms with Crippen LogP contribution in [-0.2, 0) is 19.9 Å². The average molecular weight is 785 g/mol. The number of allylic oxidation sites excluding steroid dienone is 1. The van der Waals surface area contributed by atoms with Gasteiger partial charge in [-0.05, 0) is 87.0 Å². The molecule has 278 valence electrons. The summed E-state index contributed by atoms with van der Waals surface area (Å²) in [5.74, 6) is -4.21. The number of piperazine rings is 1. The largest absolute Gasteiger partial charge is 0.471 e. The second-order valence-corrected chi connectivity index (χ2v) is 16.5. The van der Waals surface area contributed by atoms with Crippen molar-refractivity contribution in [1.82, 2.24) is 19.6 Å². The number of rotatable bonds is 5. The van der Waals surface area contributed by atoms with Gasteiger partial charge in [0, 0.05) is 42.0 Å². The van der Waals surface area contributed by atoms with Gasteiger partial charge >= 0.3 is 12.1 Å². The number of amidine groups is 1. The molecule has 4 aliphatic heterocycles. The summed E-state index contributed by atoms with van der Waals surface area (Å²) < 4.78 is 70.7. The van der Waals surface area contributed by atoms with Crippen LogP contribution in [0.25, 0.3) is 0 Å².